The number of carbonyl (C=O) groups is 1. The van der Waals surface area contributed by atoms with Crippen LogP contribution in [-0.2, 0) is 11.3 Å². The van der Waals surface area contributed by atoms with Gasteiger partial charge in [-0.1, -0.05) is 6.07 Å². The van der Waals surface area contributed by atoms with Crippen LogP contribution in [0.1, 0.15) is 31.9 Å². The molecule has 6 nitrogen and oxygen atoms in total. The van der Waals surface area contributed by atoms with Crippen LogP contribution in [0.3, 0.4) is 0 Å². The van der Waals surface area contributed by atoms with E-state index < -0.39 is 6.04 Å². The van der Waals surface area contributed by atoms with Gasteiger partial charge >= 0.3 is 0 Å². The summed E-state index contributed by atoms with van der Waals surface area (Å²) < 4.78 is 1.57. The van der Waals surface area contributed by atoms with Crippen LogP contribution in [0.2, 0.25) is 0 Å². The smallest absolute Gasteiger partial charge is 0.251 e. The molecule has 0 unspecified atom stereocenters. The third-order valence-electron chi connectivity index (χ3n) is 6.37. The molecule has 2 aliphatic rings. The van der Waals surface area contributed by atoms with Gasteiger partial charge in [-0.3, -0.25) is 14.6 Å². The highest BCUT2D eigenvalue weighted by Gasteiger charge is 2.40. The molecule has 0 saturated carbocycles. The zero-order valence-corrected chi connectivity index (χ0v) is 18.0. The second kappa shape index (κ2) is 7.61. The Bertz CT molecular complexity index is 973. The molecule has 1 fully saturated rings. The van der Waals surface area contributed by atoms with Crippen molar-refractivity contribution >= 4 is 17.7 Å². The second-order valence-electron chi connectivity index (χ2n) is 8.66. The Morgan fingerprint density at radius 1 is 1.28 bits per heavy atom. The van der Waals surface area contributed by atoms with Crippen molar-refractivity contribution in [1.29, 1.82) is 0 Å². The van der Waals surface area contributed by atoms with E-state index >= 15 is 0 Å². The van der Waals surface area contributed by atoms with Gasteiger partial charge in [-0.05, 0) is 50.6 Å². The van der Waals surface area contributed by atoms with Crippen LogP contribution in [0.25, 0.3) is 11.3 Å². The summed E-state index contributed by atoms with van der Waals surface area (Å²) in [4.78, 5) is 32.2. The SMILES string of the molecule is CSC(C)(C)[C@H](N)C(=O)N1C[C@@H]2C[C@H](C1)c1cc(-c3ccccn3)cc(=O)n1C2. The van der Waals surface area contributed by atoms with E-state index in [0.29, 0.717) is 19.6 Å². The van der Waals surface area contributed by atoms with Gasteiger partial charge in [0.1, 0.15) is 0 Å². The van der Waals surface area contributed by atoms with Crippen molar-refractivity contribution in [2.24, 2.45) is 11.7 Å². The van der Waals surface area contributed by atoms with Crippen LogP contribution >= 0.6 is 11.8 Å². The van der Waals surface area contributed by atoms with Crippen molar-refractivity contribution in [2.45, 2.75) is 43.5 Å². The molecule has 29 heavy (non-hydrogen) atoms. The van der Waals surface area contributed by atoms with Gasteiger partial charge in [0.15, 0.2) is 0 Å². The summed E-state index contributed by atoms with van der Waals surface area (Å²) in [5.74, 6) is 0.441. The number of nitrogens with two attached hydrogens (primary N) is 1. The number of thioether (sulfide) groups is 1. The first-order valence-electron chi connectivity index (χ1n) is 10.1. The minimum atomic E-state index is -0.543. The number of aromatic nitrogens is 2. The molecular weight excluding hydrogens is 384 g/mol. The molecule has 2 aliphatic heterocycles. The van der Waals surface area contributed by atoms with Gasteiger partial charge in [-0.15, -0.1) is 0 Å². The zero-order valence-electron chi connectivity index (χ0n) is 17.2. The molecule has 0 aromatic carbocycles. The van der Waals surface area contributed by atoms with E-state index in [4.69, 9.17) is 5.73 Å². The summed E-state index contributed by atoms with van der Waals surface area (Å²) in [7, 11) is 0. The Kier molecular flexibility index (Phi) is 5.29. The molecule has 154 valence electrons. The highest BCUT2D eigenvalue weighted by atomic mass is 32.2. The van der Waals surface area contributed by atoms with Crippen LogP contribution < -0.4 is 11.3 Å². The summed E-state index contributed by atoms with van der Waals surface area (Å²) >= 11 is 1.61. The fourth-order valence-electron chi connectivity index (χ4n) is 4.44. The van der Waals surface area contributed by atoms with Crippen molar-refractivity contribution in [3.05, 3.63) is 52.6 Å². The van der Waals surface area contributed by atoms with Gasteiger partial charge in [0.05, 0.1) is 11.7 Å². The number of pyridine rings is 2. The summed E-state index contributed by atoms with van der Waals surface area (Å²) in [5, 5.41) is 0. The first-order valence-corrected chi connectivity index (χ1v) is 11.3. The van der Waals surface area contributed by atoms with Gasteiger partial charge in [0, 0.05) is 53.8 Å². The van der Waals surface area contributed by atoms with E-state index in [0.717, 1.165) is 23.4 Å². The molecule has 2 bridgehead atoms. The third kappa shape index (κ3) is 3.73. The number of piperidine rings is 1. The van der Waals surface area contributed by atoms with Crippen LogP contribution in [0.4, 0.5) is 0 Å². The van der Waals surface area contributed by atoms with Crippen molar-refractivity contribution in [3.8, 4) is 11.3 Å². The fraction of sp³-hybridized carbons (Fsp3) is 0.500. The number of carbonyl (C=O) groups excluding carboxylic acids is 1. The summed E-state index contributed by atoms with van der Waals surface area (Å²) in [6, 6.07) is 8.90. The minimum Gasteiger partial charge on any atom is -0.340 e. The molecule has 0 aliphatic carbocycles. The summed E-state index contributed by atoms with van der Waals surface area (Å²) in [5.41, 5.74) is 8.98. The Hall–Kier alpha value is -2.12. The highest BCUT2D eigenvalue weighted by Crippen LogP contribution is 2.37. The number of amides is 1. The molecule has 4 heterocycles. The Morgan fingerprint density at radius 2 is 2.07 bits per heavy atom. The second-order valence-corrected chi connectivity index (χ2v) is 10.1. The lowest BCUT2D eigenvalue weighted by Gasteiger charge is -2.44. The number of hydrogen-bond donors (Lipinski definition) is 1. The van der Waals surface area contributed by atoms with Crippen LogP contribution in [0, 0.1) is 5.92 Å². The quantitative estimate of drug-likeness (QED) is 0.834. The van der Waals surface area contributed by atoms with E-state index in [1.165, 1.54) is 0 Å². The normalized spacial score (nSPS) is 22.1. The molecule has 2 aromatic rings. The Morgan fingerprint density at radius 3 is 2.76 bits per heavy atom. The maximum Gasteiger partial charge on any atom is 0.251 e. The van der Waals surface area contributed by atoms with Gasteiger partial charge < -0.3 is 15.2 Å². The van der Waals surface area contributed by atoms with Crippen molar-refractivity contribution in [1.82, 2.24) is 14.5 Å². The Labute approximate surface area is 175 Å². The van der Waals surface area contributed by atoms with Crippen molar-refractivity contribution < 1.29 is 4.79 Å². The highest BCUT2D eigenvalue weighted by molar-refractivity contribution is 8.00. The molecular formula is C22H28N4O2S. The first-order chi connectivity index (χ1) is 13.8. The molecule has 4 rings (SSSR count). The van der Waals surface area contributed by atoms with Gasteiger partial charge in [0.25, 0.3) is 5.56 Å². The van der Waals surface area contributed by atoms with Gasteiger partial charge in [-0.25, -0.2) is 0 Å². The molecule has 2 N–H and O–H groups in total. The zero-order chi connectivity index (χ0) is 20.8. The largest absolute Gasteiger partial charge is 0.340 e. The molecule has 1 amide bonds. The van der Waals surface area contributed by atoms with Gasteiger partial charge in [-0.2, -0.15) is 11.8 Å². The predicted molar refractivity (Wildman–Crippen MR) is 117 cm³/mol. The van der Waals surface area contributed by atoms with E-state index in [1.54, 1.807) is 24.0 Å². The average molecular weight is 413 g/mol. The van der Waals surface area contributed by atoms with Crippen LogP contribution in [0.5, 0.6) is 0 Å². The number of rotatable bonds is 4. The van der Waals surface area contributed by atoms with Crippen molar-refractivity contribution in [2.75, 3.05) is 19.3 Å². The molecule has 2 aromatic heterocycles. The third-order valence-corrected chi connectivity index (χ3v) is 7.68. The maximum atomic E-state index is 13.1. The minimum absolute atomic E-state index is 0.00993. The molecule has 1 saturated heterocycles. The van der Waals surface area contributed by atoms with E-state index in [9.17, 15) is 9.59 Å². The summed E-state index contributed by atoms with van der Waals surface area (Å²) in [6.07, 6.45) is 4.72. The lowest BCUT2D eigenvalue weighted by molar-refractivity contribution is -0.135. The van der Waals surface area contributed by atoms with Gasteiger partial charge in [0.2, 0.25) is 5.91 Å². The average Bonchev–Trinajstić information content (AvgIpc) is 2.73. The topological polar surface area (TPSA) is 81.2 Å². The van der Waals surface area contributed by atoms with Crippen LogP contribution in [-0.4, -0.2) is 50.5 Å². The summed E-state index contributed by atoms with van der Waals surface area (Å²) in [6.45, 7) is 5.95. The number of nitrogens with zero attached hydrogens (tertiary/aromatic N) is 3. The standard InChI is InChI=1S/C22H28N4O2S/c1-22(2,29-3)20(23)21(28)25-11-14-8-16(13-25)18-9-15(10-19(27)26(18)12-14)17-6-4-5-7-24-17/h4-7,9-10,14,16,20H,8,11-13,23H2,1-3H3/t14-,16+,20+/m0/s1. The van der Waals surface area contributed by atoms with Crippen LogP contribution in [0.15, 0.2) is 41.3 Å². The van der Waals surface area contributed by atoms with E-state index in [-0.39, 0.29) is 28.0 Å². The molecule has 0 spiro atoms. The first kappa shape index (κ1) is 20.2. The van der Waals surface area contributed by atoms with E-state index in [2.05, 4.69) is 11.1 Å². The monoisotopic (exact) mass is 412 g/mol. The fourth-order valence-corrected chi connectivity index (χ4v) is 4.80. The number of hydrogen-bond acceptors (Lipinski definition) is 5. The number of likely N-dealkylation sites (tertiary alicyclic amines) is 1. The van der Waals surface area contributed by atoms with E-state index in [1.807, 2.05) is 47.8 Å². The maximum absolute atomic E-state index is 13.1. The molecule has 3 atom stereocenters. The lowest BCUT2D eigenvalue weighted by atomic mass is 9.82. The molecule has 0 radical (unpaired) electrons. The lowest BCUT2D eigenvalue weighted by Crippen LogP contribution is -2.57. The predicted octanol–water partition coefficient (Wildman–Crippen LogP) is 2.32. The van der Waals surface area contributed by atoms with Crippen molar-refractivity contribution in [3.63, 3.8) is 0 Å². The Balaban J connectivity index is 1.64. The molecule has 7 heteroatoms. The number of fused-ring (bicyclic) bond motifs is 4.